The van der Waals surface area contributed by atoms with Crippen LogP contribution in [0.3, 0.4) is 0 Å². The Hall–Kier alpha value is -1.06. The summed E-state index contributed by atoms with van der Waals surface area (Å²) in [5.41, 5.74) is 2.23. The number of hydrogen-bond acceptors (Lipinski definition) is 2. The number of aromatic nitrogens is 2. The van der Waals surface area contributed by atoms with Gasteiger partial charge in [0, 0.05) is 18.0 Å². The Bertz CT molecular complexity index is 570. The van der Waals surface area contributed by atoms with E-state index in [1.165, 1.54) is 24.2 Å². The van der Waals surface area contributed by atoms with Crippen LogP contribution >= 0.6 is 11.6 Å². The zero-order valence-corrected chi connectivity index (χ0v) is 12.1. The first-order valence-electron chi connectivity index (χ1n) is 7.13. The summed E-state index contributed by atoms with van der Waals surface area (Å²) in [5, 5.41) is 4.18. The molecule has 3 nitrogen and oxygen atoms in total. The van der Waals surface area contributed by atoms with E-state index in [9.17, 15) is 0 Å². The van der Waals surface area contributed by atoms with Gasteiger partial charge >= 0.3 is 0 Å². The monoisotopic (exact) mass is 277 g/mol. The highest BCUT2D eigenvalue weighted by molar-refractivity contribution is 6.31. The Balaban J connectivity index is 1.93. The highest BCUT2D eigenvalue weighted by Crippen LogP contribution is 2.24. The molecule has 1 N–H and O–H groups in total. The van der Waals surface area contributed by atoms with Crippen molar-refractivity contribution in [2.24, 2.45) is 5.92 Å². The van der Waals surface area contributed by atoms with E-state index in [0.29, 0.717) is 0 Å². The number of nitrogens with zero attached hydrogens (tertiary/aromatic N) is 2. The van der Waals surface area contributed by atoms with Gasteiger partial charge in [0.2, 0.25) is 0 Å². The minimum Gasteiger partial charge on any atom is -0.328 e. The molecule has 0 aliphatic carbocycles. The lowest BCUT2D eigenvalue weighted by molar-refractivity contribution is 0.364. The predicted octanol–water partition coefficient (Wildman–Crippen LogP) is 3.25. The van der Waals surface area contributed by atoms with Gasteiger partial charge in [0.15, 0.2) is 0 Å². The Kier molecular flexibility index (Phi) is 3.76. The molecule has 0 saturated carbocycles. The molecule has 0 unspecified atom stereocenters. The first kappa shape index (κ1) is 12.9. The molecule has 0 radical (unpaired) electrons. The molecule has 0 atom stereocenters. The van der Waals surface area contributed by atoms with E-state index in [4.69, 9.17) is 16.6 Å². The average Bonchev–Trinajstić information content (AvgIpc) is 2.76. The van der Waals surface area contributed by atoms with Crippen molar-refractivity contribution < 1.29 is 0 Å². The molecule has 1 aromatic carbocycles. The molecule has 1 aromatic heterocycles. The molecule has 4 heteroatoms. The second-order valence-electron chi connectivity index (χ2n) is 5.30. The van der Waals surface area contributed by atoms with E-state index in [-0.39, 0.29) is 0 Å². The molecule has 2 heterocycles. The number of piperidine rings is 1. The summed E-state index contributed by atoms with van der Waals surface area (Å²) in [5.74, 6) is 1.98. The van der Waals surface area contributed by atoms with Crippen LogP contribution in [0.5, 0.6) is 0 Å². The summed E-state index contributed by atoms with van der Waals surface area (Å²) in [7, 11) is 0. The van der Waals surface area contributed by atoms with Crippen LogP contribution in [0.4, 0.5) is 0 Å². The van der Waals surface area contributed by atoms with Crippen LogP contribution in [0.25, 0.3) is 11.0 Å². The zero-order valence-electron chi connectivity index (χ0n) is 11.3. The third kappa shape index (κ3) is 2.63. The summed E-state index contributed by atoms with van der Waals surface area (Å²) in [6, 6.07) is 6.00. The molecule has 3 rings (SSSR count). The SMILES string of the molecule is CCn1c(CC2CCNCC2)nc2cc(Cl)ccc21. The van der Waals surface area contributed by atoms with Gasteiger partial charge in [0.1, 0.15) is 5.82 Å². The van der Waals surface area contributed by atoms with Gasteiger partial charge in [-0.15, -0.1) is 0 Å². The van der Waals surface area contributed by atoms with Crippen LogP contribution < -0.4 is 5.32 Å². The first-order chi connectivity index (χ1) is 9.28. The number of hydrogen-bond donors (Lipinski definition) is 1. The van der Waals surface area contributed by atoms with Crippen molar-refractivity contribution in [3.8, 4) is 0 Å². The summed E-state index contributed by atoms with van der Waals surface area (Å²) >= 11 is 6.06. The van der Waals surface area contributed by atoms with Gasteiger partial charge in [-0.3, -0.25) is 0 Å². The number of benzene rings is 1. The molecule has 2 aromatic rings. The standard InChI is InChI=1S/C15H20ClN3/c1-2-19-14-4-3-12(16)10-13(14)18-15(19)9-11-5-7-17-8-6-11/h3-4,10-11,17H,2,5-9H2,1H3. The van der Waals surface area contributed by atoms with E-state index in [1.807, 2.05) is 12.1 Å². The topological polar surface area (TPSA) is 29.9 Å². The van der Waals surface area contributed by atoms with Crippen molar-refractivity contribution in [1.82, 2.24) is 14.9 Å². The van der Waals surface area contributed by atoms with Crippen LogP contribution in [0.15, 0.2) is 18.2 Å². The lowest BCUT2D eigenvalue weighted by Gasteiger charge is -2.22. The largest absolute Gasteiger partial charge is 0.328 e. The van der Waals surface area contributed by atoms with Crippen molar-refractivity contribution in [2.45, 2.75) is 32.7 Å². The van der Waals surface area contributed by atoms with E-state index in [2.05, 4.69) is 22.9 Å². The fourth-order valence-electron chi connectivity index (χ4n) is 3.01. The molecule has 0 bridgehead atoms. The van der Waals surface area contributed by atoms with E-state index in [0.717, 1.165) is 42.5 Å². The van der Waals surface area contributed by atoms with Crippen LogP contribution in [-0.2, 0) is 13.0 Å². The van der Waals surface area contributed by atoms with Crippen LogP contribution in [0.1, 0.15) is 25.6 Å². The Morgan fingerprint density at radius 1 is 1.37 bits per heavy atom. The van der Waals surface area contributed by atoms with Gasteiger partial charge in [-0.05, 0) is 57.0 Å². The lowest BCUT2D eigenvalue weighted by Crippen LogP contribution is -2.29. The van der Waals surface area contributed by atoms with Crippen LogP contribution in [0.2, 0.25) is 5.02 Å². The quantitative estimate of drug-likeness (QED) is 0.933. The summed E-state index contributed by atoms with van der Waals surface area (Å²) in [6.45, 7) is 5.44. The van der Waals surface area contributed by atoms with E-state index < -0.39 is 0 Å². The fourth-order valence-corrected chi connectivity index (χ4v) is 3.17. The van der Waals surface area contributed by atoms with Gasteiger partial charge in [-0.25, -0.2) is 4.98 Å². The first-order valence-corrected chi connectivity index (χ1v) is 7.51. The minimum absolute atomic E-state index is 0.763. The van der Waals surface area contributed by atoms with Crippen LogP contribution in [-0.4, -0.2) is 22.6 Å². The molecule has 1 aliphatic heterocycles. The molecular formula is C15H20ClN3. The molecule has 1 saturated heterocycles. The van der Waals surface area contributed by atoms with Gasteiger partial charge in [0.25, 0.3) is 0 Å². The summed E-state index contributed by atoms with van der Waals surface area (Å²) in [6.07, 6.45) is 3.60. The molecular weight excluding hydrogens is 258 g/mol. The fraction of sp³-hybridized carbons (Fsp3) is 0.533. The Morgan fingerprint density at radius 3 is 2.89 bits per heavy atom. The number of imidazole rings is 1. The van der Waals surface area contributed by atoms with Gasteiger partial charge in [-0.1, -0.05) is 11.6 Å². The van der Waals surface area contributed by atoms with Crippen molar-refractivity contribution in [3.05, 3.63) is 29.0 Å². The number of rotatable bonds is 3. The van der Waals surface area contributed by atoms with Crippen molar-refractivity contribution in [2.75, 3.05) is 13.1 Å². The number of aryl methyl sites for hydroxylation is 1. The van der Waals surface area contributed by atoms with Gasteiger partial charge in [-0.2, -0.15) is 0 Å². The van der Waals surface area contributed by atoms with Crippen molar-refractivity contribution >= 4 is 22.6 Å². The molecule has 1 fully saturated rings. The number of nitrogens with one attached hydrogen (secondary N) is 1. The number of halogens is 1. The highest BCUT2D eigenvalue weighted by Gasteiger charge is 2.17. The van der Waals surface area contributed by atoms with Crippen molar-refractivity contribution in [1.29, 1.82) is 0 Å². The lowest BCUT2D eigenvalue weighted by atomic mass is 9.94. The maximum Gasteiger partial charge on any atom is 0.110 e. The van der Waals surface area contributed by atoms with Gasteiger partial charge < -0.3 is 9.88 Å². The molecule has 1 aliphatic rings. The highest BCUT2D eigenvalue weighted by atomic mass is 35.5. The Labute approximate surface area is 119 Å². The van der Waals surface area contributed by atoms with Crippen LogP contribution in [0, 0.1) is 5.92 Å². The van der Waals surface area contributed by atoms with E-state index >= 15 is 0 Å². The molecule has 102 valence electrons. The molecule has 0 spiro atoms. The maximum absolute atomic E-state index is 6.06. The molecule has 19 heavy (non-hydrogen) atoms. The smallest absolute Gasteiger partial charge is 0.110 e. The summed E-state index contributed by atoms with van der Waals surface area (Å²) < 4.78 is 2.33. The number of fused-ring (bicyclic) bond motifs is 1. The normalized spacial score (nSPS) is 17.2. The Morgan fingerprint density at radius 2 is 2.16 bits per heavy atom. The average molecular weight is 278 g/mol. The zero-order chi connectivity index (χ0) is 13.2. The molecule has 0 amide bonds. The van der Waals surface area contributed by atoms with E-state index in [1.54, 1.807) is 0 Å². The van der Waals surface area contributed by atoms with Gasteiger partial charge in [0.05, 0.1) is 11.0 Å². The second-order valence-corrected chi connectivity index (χ2v) is 5.74. The second kappa shape index (κ2) is 5.51. The minimum atomic E-state index is 0.763. The summed E-state index contributed by atoms with van der Waals surface area (Å²) in [4.78, 5) is 4.80. The third-order valence-corrected chi connectivity index (χ3v) is 4.27. The maximum atomic E-state index is 6.06. The van der Waals surface area contributed by atoms with Crippen molar-refractivity contribution in [3.63, 3.8) is 0 Å². The predicted molar refractivity (Wildman–Crippen MR) is 79.7 cm³/mol. The third-order valence-electron chi connectivity index (χ3n) is 4.04.